The second-order valence-electron chi connectivity index (χ2n) is 4.14. The highest BCUT2D eigenvalue weighted by atomic mass is 19.1. The van der Waals surface area contributed by atoms with Gasteiger partial charge < -0.3 is 21.5 Å². The maximum atomic E-state index is 13.7. The minimum atomic E-state index is -0.606. The lowest BCUT2D eigenvalue weighted by atomic mass is 10.1. The van der Waals surface area contributed by atoms with Crippen molar-refractivity contribution in [3.05, 3.63) is 23.5 Å². The Balaban J connectivity index is 2.78. The van der Waals surface area contributed by atoms with Gasteiger partial charge in [0.25, 0.3) is 0 Å². The lowest BCUT2D eigenvalue weighted by Crippen LogP contribution is -2.14. The zero-order valence-electron chi connectivity index (χ0n) is 11.2. The number of carbonyl (C=O) groups is 2. The van der Waals surface area contributed by atoms with Crippen molar-refractivity contribution in [1.29, 1.82) is 0 Å². The second-order valence-corrected chi connectivity index (χ2v) is 4.14. The third-order valence-electron chi connectivity index (χ3n) is 2.55. The molecule has 0 aromatic heterocycles. The topological polar surface area (TPSA) is 107 Å². The maximum absolute atomic E-state index is 13.7. The molecule has 0 saturated carbocycles. The Hall–Kier alpha value is -2.31. The molecule has 0 saturated heterocycles. The van der Waals surface area contributed by atoms with E-state index in [0.29, 0.717) is 13.0 Å². The number of nitrogens with one attached hydrogen (secondary N) is 1. The number of carbonyl (C=O) groups excluding carboxylic acids is 2. The van der Waals surface area contributed by atoms with E-state index in [2.05, 4.69) is 5.32 Å². The fourth-order valence-electron chi connectivity index (χ4n) is 1.60. The first kappa shape index (κ1) is 15.7. The fourth-order valence-corrected chi connectivity index (χ4v) is 1.60. The van der Waals surface area contributed by atoms with Crippen LogP contribution in [0, 0.1) is 5.82 Å². The number of esters is 1. The van der Waals surface area contributed by atoms with Gasteiger partial charge in [-0.05, 0) is 25.5 Å². The number of benzene rings is 1. The third-order valence-corrected chi connectivity index (χ3v) is 2.55. The lowest BCUT2D eigenvalue weighted by Gasteiger charge is -2.11. The first-order valence-electron chi connectivity index (χ1n) is 6.24. The Kier molecular flexibility index (Phi) is 5.76. The molecule has 0 aliphatic rings. The molecule has 0 radical (unpaired) electrons. The molecule has 0 unspecified atom stereocenters. The van der Waals surface area contributed by atoms with Crippen LogP contribution in [0.25, 0.3) is 0 Å². The minimum Gasteiger partial charge on any atom is -0.462 e. The quantitative estimate of drug-likeness (QED) is 0.397. The Morgan fingerprint density at radius 3 is 2.70 bits per heavy atom. The molecule has 0 spiro atoms. The van der Waals surface area contributed by atoms with Gasteiger partial charge in [-0.25, -0.2) is 9.18 Å². The number of hydrogen-bond donors (Lipinski definition) is 3. The van der Waals surface area contributed by atoms with Gasteiger partial charge in [0.2, 0.25) is 5.91 Å². The molecule has 6 nitrogen and oxygen atoms in total. The lowest BCUT2D eigenvalue weighted by molar-refractivity contribution is -0.118. The van der Waals surface area contributed by atoms with Crippen molar-refractivity contribution < 1.29 is 18.7 Å². The Morgan fingerprint density at radius 2 is 2.10 bits per heavy atom. The molecular weight excluding hydrogens is 265 g/mol. The predicted molar refractivity (Wildman–Crippen MR) is 73.7 cm³/mol. The minimum absolute atomic E-state index is 0.0173. The number of primary amides is 1. The van der Waals surface area contributed by atoms with Crippen molar-refractivity contribution in [3.8, 4) is 0 Å². The molecule has 1 aromatic rings. The second kappa shape index (κ2) is 7.32. The van der Waals surface area contributed by atoms with E-state index in [-0.39, 0.29) is 30.0 Å². The highest BCUT2D eigenvalue weighted by molar-refractivity contribution is 5.96. The smallest absolute Gasteiger partial charge is 0.340 e. The van der Waals surface area contributed by atoms with Gasteiger partial charge >= 0.3 is 5.97 Å². The van der Waals surface area contributed by atoms with Gasteiger partial charge in [0.1, 0.15) is 5.82 Å². The number of nitrogen functional groups attached to an aromatic ring is 1. The maximum Gasteiger partial charge on any atom is 0.340 e. The van der Waals surface area contributed by atoms with Gasteiger partial charge in [0.15, 0.2) is 0 Å². The van der Waals surface area contributed by atoms with Crippen LogP contribution in [0.2, 0.25) is 0 Å². The van der Waals surface area contributed by atoms with Gasteiger partial charge in [0.05, 0.1) is 17.9 Å². The van der Waals surface area contributed by atoms with Crippen LogP contribution in [-0.4, -0.2) is 25.0 Å². The van der Waals surface area contributed by atoms with Gasteiger partial charge in [-0.2, -0.15) is 0 Å². The van der Waals surface area contributed by atoms with Crippen molar-refractivity contribution in [2.24, 2.45) is 5.73 Å². The van der Waals surface area contributed by atoms with Crippen molar-refractivity contribution >= 4 is 23.3 Å². The molecular formula is C13H18FN3O3. The van der Waals surface area contributed by atoms with Crippen LogP contribution in [0.4, 0.5) is 15.8 Å². The average Bonchev–Trinajstić information content (AvgIpc) is 2.36. The number of nitrogens with two attached hydrogens (primary N) is 2. The zero-order chi connectivity index (χ0) is 15.1. The van der Waals surface area contributed by atoms with Gasteiger partial charge in [-0.3, -0.25) is 4.79 Å². The molecule has 0 heterocycles. The van der Waals surface area contributed by atoms with Gasteiger partial charge in [-0.15, -0.1) is 0 Å². The number of amides is 1. The van der Waals surface area contributed by atoms with Crippen molar-refractivity contribution in [1.82, 2.24) is 0 Å². The number of anilines is 2. The summed E-state index contributed by atoms with van der Waals surface area (Å²) in [6.07, 6.45) is 0.669. The monoisotopic (exact) mass is 283 g/mol. The SMILES string of the molecule is CCOC(=O)c1cc(NCCCC(N)=O)c(F)cc1N. The highest BCUT2D eigenvalue weighted by Gasteiger charge is 2.15. The molecule has 1 rings (SSSR count). The summed E-state index contributed by atoms with van der Waals surface area (Å²) in [5.74, 6) is -1.60. The first-order chi connectivity index (χ1) is 9.45. The number of hydrogen-bond acceptors (Lipinski definition) is 5. The van der Waals surface area contributed by atoms with E-state index >= 15 is 0 Å². The molecule has 0 atom stereocenters. The Bertz CT molecular complexity index is 506. The van der Waals surface area contributed by atoms with Crippen molar-refractivity contribution in [2.45, 2.75) is 19.8 Å². The molecule has 1 aromatic carbocycles. The molecule has 7 heteroatoms. The van der Waals surface area contributed by atoms with Crippen LogP contribution in [-0.2, 0) is 9.53 Å². The van der Waals surface area contributed by atoms with Crippen molar-refractivity contribution in [2.75, 3.05) is 24.2 Å². The molecule has 0 bridgehead atoms. The van der Waals surface area contributed by atoms with Crippen LogP contribution in [0.15, 0.2) is 12.1 Å². The van der Waals surface area contributed by atoms with Crippen LogP contribution in [0.5, 0.6) is 0 Å². The van der Waals surface area contributed by atoms with E-state index in [4.69, 9.17) is 16.2 Å². The molecule has 1 amide bonds. The summed E-state index contributed by atoms with van der Waals surface area (Å²) in [5, 5.41) is 2.79. The van der Waals surface area contributed by atoms with E-state index in [1.807, 2.05) is 0 Å². The van der Waals surface area contributed by atoms with Crippen LogP contribution in [0.3, 0.4) is 0 Å². The van der Waals surface area contributed by atoms with Crippen LogP contribution >= 0.6 is 0 Å². The molecule has 0 aliphatic carbocycles. The number of rotatable bonds is 7. The van der Waals surface area contributed by atoms with E-state index in [1.165, 1.54) is 6.07 Å². The first-order valence-corrected chi connectivity index (χ1v) is 6.24. The summed E-state index contributed by atoms with van der Waals surface area (Å²) in [7, 11) is 0. The van der Waals surface area contributed by atoms with Crippen LogP contribution < -0.4 is 16.8 Å². The highest BCUT2D eigenvalue weighted by Crippen LogP contribution is 2.23. The summed E-state index contributed by atoms with van der Waals surface area (Å²) in [5.41, 5.74) is 10.8. The normalized spacial score (nSPS) is 10.1. The number of ether oxygens (including phenoxy) is 1. The van der Waals surface area contributed by atoms with Gasteiger partial charge in [-0.1, -0.05) is 0 Å². The summed E-state index contributed by atoms with van der Waals surface area (Å²) in [6, 6.07) is 2.36. The standard InChI is InChI=1S/C13H18FN3O3/c1-2-20-13(19)8-6-11(9(14)7-10(8)15)17-5-3-4-12(16)18/h6-7,17H,2-5,15H2,1H3,(H2,16,18). The summed E-state index contributed by atoms with van der Waals surface area (Å²) >= 11 is 0. The van der Waals surface area contributed by atoms with E-state index < -0.39 is 17.7 Å². The summed E-state index contributed by atoms with van der Waals surface area (Å²) in [4.78, 5) is 22.2. The predicted octanol–water partition coefficient (Wildman–Crippen LogP) is 1.26. The molecule has 110 valence electrons. The van der Waals surface area contributed by atoms with E-state index in [9.17, 15) is 14.0 Å². The molecule has 5 N–H and O–H groups in total. The largest absolute Gasteiger partial charge is 0.462 e. The molecule has 0 aliphatic heterocycles. The Labute approximate surface area is 116 Å². The van der Waals surface area contributed by atoms with Crippen molar-refractivity contribution in [3.63, 3.8) is 0 Å². The van der Waals surface area contributed by atoms with Crippen LogP contribution in [0.1, 0.15) is 30.1 Å². The third kappa shape index (κ3) is 4.42. The zero-order valence-corrected chi connectivity index (χ0v) is 11.2. The Morgan fingerprint density at radius 1 is 1.40 bits per heavy atom. The van der Waals surface area contributed by atoms with Gasteiger partial charge in [0, 0.05) is 18.7 Å². The summed E-state index contributed by atoms with van der Waals surface area (Å²) < 4.78 is 18.5. The fraction of sp³-hybridized carbons (Fsp3) is 0.385. The number of halogens is 1. The molecule has 20 heavy (non-hydrogen) atoms. The molecule has 0 fully saturated rings. The van der Waals surface area contributed by atoms with E-state index in [0.717, 1.165) is 6.07 Å². The van der Waals surface area contributed by atoms with E-state index in [1.54, 1.807) is 6.92 Å². The summed E-state index contributed by atoms with van der Waals surface area (Å²) in [6.45, 7) is 2.23. The average molecular weight is 283 g/mol.